The van der Waals surface area contributed by atoms with E-state index in [1.54, 1.807) is 4.68 Å². The molecular weight excluding hydrogens is 256 g/mol. The van der Waals surface area contributed by atoms with Crippen molar-refractivity contribution in [1.29, 1.82) is 5.26 Å². The number of aromatic nitrogens is 2. The number of nitrogens with two attached hydrogens (primary N) is 1. The van der Waals surface area contributed by atoms with Crippen molar-refractivity contribution in [3.8, 4) is 6.07 Å². The van der Waals surface area contributed by atoms with Crippen molar-refractivity contribution in [2.75, 3.05) is 5.73 Å². The van der Waals surface area contributed by atoms with E-state index in [1.807, 2.05) is 20.0 Å². The summed E-state index contributed by atoms with van der Waals surface area (Å²) in [5, 5.41) is 13.0. The number of hydrogen-bond donors (Lipinski definition) is 1. The molecule has 0 aliphatic rings. The Hall–Kier alpha value is -1.02. The lowest BCUT2D eigenvalue weighted by Crippen LogP contribution is -2.10. The zero-order valence-corrected chi connectivity index (χ0v) is 10.6. The lowest BCUT2D eigenvalue weighted by atomic mass is 9.90. The largest absolute Gasteiger partial charge is 0.381 e. The van der Waals surface area contributed by atoms with Gasteiger partial charge < -0.3 is 5.73 Å². The fourth-order valence-electron chi connectivity index (χ4n) is 1.27. The van der Waals surface area contributed by atoms with Crippen LogP contribution in [0.4, 0.5) is 5.82 Å². The molecule has 0 atom stereocenters. The molecule has 1 aromatic heterocycles. The molecule has 0 aliphatic carbocycles. The summed E-state index contributed by atoms with van der Waals surface area (Å²) in [4.78, 5) is 0. The Morgan fingerprint density at radius 1 is 1.67 bits per heavy atom. The highest BCUT2D eigenvalue weighted by Crippen LogP contribution is 2.22. The zero-order valence-electron chi connectivity index (χ0n) is 9.00. The van der Waals surface area contributed by atoms with Crippen LogP contribution in [-0.4, -0.2) is 9.78 Å². The molecule has 0 saturated heterocycles. The Bertz CT molecular complexity index is 356. The standard InChI is InChI=1S/C10H15BrN4/c1-10(2,7-12)4-3-5-15-6-8(11)9(13)14-15/h6H,3-5H2,1-2H3,(H2,13,14). The molecule has 4 nitrogen and oxygen atoms in total. The van der Waals surface area contributed by atoms with E-state index in [0.717, 1.165) is 23.9 Å². The predicted molar refractivity (Wildman–Crippen MR) is 63.0 cm³/mol. The third kappa shape index (κ3) is 3.56. The van der Waals surface area contributed by atoms with Gasteiger partial charge >= 0.3 is 0 Å². The normalized spacial score (nSPS) is 11.3. The summed E-state index contributed by atoms with van der Waals surface area (Å²) in [5.41, 5.74) is 5.34. The van der Waals surface area contributed by atoms with Crippen LogP contribution in [0.1, 0.15) is 26.7 Å². The van der Waals surface area contributed by atoms with E-state index in [9.17, 15) is 0 Å². The summed E-state index contributed by atoms with van der Waals surface area (Å²) in [5.74, 6) is 0.509. The lowest BCUT2D eigenvalue weighted by molar-refractivity contribution is 0.407. The average molecular weight is 271 g/mol. The molecule has 0 unspecified atom stereocenters. The quantitative estimate of drug-likeness (QED) is 0.915. The van der Waals surface area contributed by atoms with Crippen molar-refractivity contribution in [3.63, 3.8) is 0 Å². The van der Waals surface area contributed by atoms with Crippen LogP contribution >= 0.6 is 15.9 Å². The minimum Gasteiger partial charge on any atom is -0.381 e. The van der Waals surface area contributed by atoms with Gasteiger partial charge in [-0.25, -0.2) is 0 Å². The van der Waals surface area contributed by atoms with Gasteiger partial charge in [-0.15, -0.1) is 0 Å². The number of nitrogens with zero attached hydrogens (tertiary/aromatic N) is 3. The Labute approximate surface area is 98.2 Å². The Balaban J connectivity index is 2.42. The Morgan fingerprint density at radius 3 is 2.80 bits per heavy atom. The second-order valence-electron chi connectivity index (χ2n) is 4.22. The fraction of sp³-hybridized carbons (Fsp3) is 0.600. The van der Waals surface area contributed by atoms with Gasteiger partial charge in [0.05, 0.1) is 16.0 Å². The van der Waals surface area contributed by atoms with Gasteiger partial charge in [0, 0.05) is 12.7 Å². The number of nitrogen functional groups attached to an aromatic ring is 1. The van der Waals surface area contributed by atoms with Crippen LogP contribution in [0.3, 0.4) is 0 Å². The maximum Gasteiger partial charge on any atom is 0.159 e. The summed E-state index contributed by atoms with van der Waals surface area (Å²) in [6, 6.07) is 2.28. The summed E-state index contributed by atoms with van der Waals surface area (Å²) in [6.07, 6.45) is 3.64. The SMILES string of the molecule is CC(C)(C#N)CCCn1cc(Br)c(N)n1. The highest BCUT2D eigenvalue weighted by molar-refractivity contribution is 9.10. The van der Waals surface area contributed by atoms with Crippen molar-refractivity contribution in [3.05, 3.63) is 10.7 Å². The van der Waals surface area contributed by atoms with Gasteiger partial charge in [0.15, 0.2) is 5.82 Å². The molecule has 15 heavy (non-hydrogen) atoms. The third-order valence-corrected chi connectivity index (χ3v) is 2.85. The van der Waals surface area contributed by atoms with Crippen LogP contribution in [0.2, 0.25) is 0 Å². The summed E-state index contributed by atoms with van der Waals surface area (Å²) < 4.78 is 2.62. The molecule has 0 radical (unpaired) electrons. The van der Waals surface area contributed by atoms with Gasteiger partial charge in [-0.2, -0.15) is 10.4 Å². The molecule has 0 aliphatic heterocycles. The molecule has 5 heteroatoms. The minimum atomic E-state index is -0.254. The van der Waals surface area contributed by atoms with Gasteiger partial charge in [-0.05, 0) is 42.6 Å². The first-order chi connectivity index (χ1) is 6.94. The fourth-order valence-corrected chi connectivity index (χ4v) is 1.58. The van der Waals surface area contributed by atoms with Crippen molar-refractivity contribution in [2.45, 2.75) is 33.2 Å². The van der Waals surface area contributed by atoms with E-state index in [0.29, 0.717) is 5.82 Å². The molecule has 0 amide bonds. The van der Waals surface area contributed by atoms with Gasteiger partial charge in [-0.1, -0.05) is 0 Å². The second-order valence-corrected chi connectivity index (χ2v) is 5.08. The Kier molecular flexibility index (Phi) is 3.75. The smallest absolute Gasteiger partial charge is 0.159 e. The van der Waals surface area contributed by atoms with E-state index < -0.39 is 0 Å². The van der Waals surface area contributed by atoms with Crippen LogP contribution in [-0.2, 0) is 6.54 Å². The molecule has 82 valence electrons. The van der Waals surface area contributed by atoms with Crippen LogP contribution in [0.25, 0.3) is 0 Å². The number of aryl methyl sites for hydroxylation is 1. The van der Waals surface area contributed by atoms with E-state index in [-0.39, 0.29) is 5.41 Å². The molecular formula is C10H15BrN4. The van der Waals surface area contributed by atoms with Gasteiger partial charge in [0.1, 0.15) is 0 Å². The maximum absolute atomic E-state index is 8.84. The molecule has 0 aromatic carbocycles. The van der Waals surface area contributed by atoms with Crippen molar-refractivity contribution >= 4 is 21.7 Å². The second kappa shape index (κ2) is 4.67. The van der Waals surface area contributed by atoms with E-state index in [1.165, 1.54) is 0 Å². The van der Waals surface area contributed by atoms with E-state index >= 15 is 0 Å². The van der Waals surface area contributed by atoms with Crippen LogP contribution < -0.4 is 5.73 Å². The summed E-state index contributed by atoms with van der Waals surface area (Å²) in [7, 11) is 0. The molecule has 0 bridgehead atoms. The molecule has 0 fully saturated rings. The molecule has 2 N–H and O–H groups in total. The topological polar surface area (TPSA) is 67.6 Å². The van der Waals surface area contributed by atoms with E-state index in [2.05, 4.69) is 27.1 Å². The number of hydrogen-bond acceptors (Lipinski definition) is 3. The van der Waals surface area contributed by atoms with Gasteiger partial charge in [0.25, 0.3) is 0 Å². The Morgan fingerprint density at radius 2 is 2.33 bits per heavy atom. The van der Waals surface area contributed by atoms with Crippen LogP contribution in [0.15, 0.2) is 10.7 Å². The highest BCUT2D eigenvalue weighted by Gasteiger charge is 2.15. The van der Waals surface area contributed by atoms with Crippen molar-refractivity contribution in [2.24, 2.45) is 5.41 Å². The number of rotatable bonds is 4. The van der Waals surface area contributed by atoms with Crippen molar-refractivity contribution < 1.29 is 0 Å². The predicted octanol–water partition coefficient (Wildman–Crippen LogP) is 2.56. The molecule has 1 heterocycles. The third-order valence-electron chi connectivity index (χ3n) is 2.23. The van der Waals surface area contributed by atoms with E-state index in [4.69, 9.17) is 11.0 Å². The average Bonchev–Trinajstić information content (AvgIpc) is 2.46. The minimum absolute atomic E-state index is 0.254. The monoisotopic (exact) mass is 270 g/mol. The zero-order chi connectivity index (χ0) is 11.5. The maximum atomic E-state index is 8.84. The first-order valence-corrected chi connectivity index (χ1v) is 5.63. The van der Waals surface area contributed by atoms with Gasteiger partial charge in [-0.3, -0.25) is 4.68 Å². The number of nitriles is 1. The van der Waals surface area contributed by atoms with Gasteiger partial charge in [0.2, 0.25) is 0 Å². The van der Waals surface area contributed by atoms with Crippen LogP contribution in [0.5, 0.6) is 0 Å². The highest BCUT2D eigenvalue weighted by atomic mass is 79.9. The van der Waals surface area contributed by atoms with Crippen molar-refractivity contribution in [1.82, 2.24) is 9.78 Å². The molecule has 0 saturated carbocycles. The number of anilines is 1. The van der Waals surface area contributed by atoms with Crippen LogP contribution in [0, 0.1) is 16.7 Å². The first-order valence-electron chi connectivity index (χ1n) is 4.84. The molecule has 1 aromatic rings. The summed E-state index contributed by atoms with van der Waals surface area (Å²) >= 11 is 3.30. The first kappa shape index (κ1) is 12.1. The molecule has 1 rings (SSSR count). The lowest BCUT2D eigenvalue weighted by Gasteiger charge is -2.14. The molecule has 0 spiro atoms. The summed E-state index contributed by atoms with van der Waals surface area (Å²) in [6.45, 7) is 4.68. The number of halogens is 1.